The van der Waals surface area contributed by atoms with Gasteiger partial charge in [-0.25, -0.2) is 0 Å². The Kier molecular flexibility index (Phi) is 7.52. The molecular weight excluding hydrogens is 449 g/mol. The van der Waals surface area contributed by atoms with Gasteiger partial charge >= 0.3 is 0 Å². The molecule has 3 aromatic rings. The van der Waals surface area contributed by atoms with E-state index in [0.717, 1.165) is 41.0 Å². The molecule has 0 aliphatic heterocycles. The van der Waals surface area contributed by atoms with E-state index in [1.54, 1.807) is 6.20 Å². The second-order valence-electron chi connectivity index (χ2n) is 5.52. The number of pyridine rings is 1. The van der Waals surface area contributed by atoms with Crippen LogP contribution in [0.3, 0.4) is 0 Å². The van der Waals surface area contributed by atoms with Gasteiger partial charge in [-0.1, -0.05) is 17.7 Å². The number of guanidine groups is 1. The Hall–Kier alpha value is -1.80. The molecule has 0 fully saturated rings. The molecule has 7 heteroatoms. The molecule has 3 rings (SSSR count). The zero-order valence-corrected chi connectivity index (χ0v) is 16.8. The molecule has 0 amide bonds. The van der Waals surface area contributed by atoms with Crippen LogP contribution < -0.4 is 11.1 Å². The summed E-state index contributed by atoms with van der Waals surface area (Å²) in [5.41, 5.74) is 9.22. The molecule has 0 aliphatic rings. The van der Waals surface area contributed by atoms with Gasteiger partial charge < -0.3 is 16.0 Å². The lowest BCUT2D eigenvalue weighted by atomic mass is 10.1. The number of halogens is 2. The molecule has 0 bridgehead atoms. The van der Waals surface area contributed by atoms with Crippen molar-refractivity contribution in [1.29, 1.82) is 0 Å². The summed E-state index contributed by atoms with van der Waals surface area (Å²) in [6.45, 7) is 1.34. The van der Waals surface area contributed by atoms with Crippen molar-refractivity contribution in [3.63, 3.8) is 0 Å². The minimum atomic E-state index is 0. The van der Waals surface area contributed by atoms with Crippen molar-refractivity contribution in [3.8, 4) is 0 Å². The van der Waals surface area contributed by atoms with Crippen molar-refractivity contribution >= 4 is 52.4 Å². The standard InChI is InChI=1S/C18H20ClN5.HI/c19-14-4-5-17-16(11-14)13(12-24-17)6-9-22-18(20)23-10-7-15-3-1-2-8-21-15;/h1-5,8,11-12,24H,6-7,9-10H2,(H3,20,22,23);1H. The number of hydrogen-bond donors (Lipinski definition) is 3. The van der Waals surface area contributed by atoms with Crippen LogP contribution in [0.2, 0.25) is 5.02 Å². The lowest BCUT2D eigenvalue weighted by Gasteiger charge is -2.05. The predicted molar refractivity (Wildman–Crippen MR) is 115 cm³/mol. The van der Waals surface area contributed by atoms with Crippen LogP contribution >= 0.6 is 35.6 Å². The first kappa shape index (κ1) is 19.5. The zero-order chi connectivity index (χ0) is 16.8. The van der Waals surface area contributed by atoms with Gasteiger partial charge in [0.2, 0.25) is 0 Å². The van der Waals surface area contributed by atoms with Gasteiger partial charge in [-0.3, -0.25) is 9.98 Å². The highest BCUT2D eigenvalue weighted by atomic mass is 127. The summed E-state index contributed by atoms with van der Waals surface area (Å²) >= 11 is 6.07. The van der Waals surface area contributed by atoms with Crippen LogP contribution in [0.1, 0.15) is 11.3 Å². The maximum absolute atomic E-state index is 6.07. The van der Waals surface area contributed by atoms with E-state index in [-0.39, 0.29) is 24.0 Å². The molecule has 2 heterocycles. The number of aromatic amines is 1. The summed E-state index contributed by atoms with van der Waals surface area (Å²) in [4.78, 5) is 11.8. The molecule has 132 valence electrons. The van der Waals surface area contributed by atoms with E-state index in [1.165, 1.54) is 5.56 Å². The Balaban J connectivity index is 0.00000225. The van der Waals surface area contributed by atoms with Gasteiger partial charge in [0, 0.05) is 53.5 Å². The van der Waals surface area contributed by atoms with Crippen molar-refractivity contribution in [1.82, 2.24) is 15.3 Å². The number of aliphatic imine (C=N–C) groups is 1. The number of H-pyrrole nitrogens is 1. The molecule has 4 N–H and O–H groups in total. The highest BCUT2D eigenvalue weighted by Gasteiger charge is 2.04. The van der Waals surface area contributed by atoms with E-state index in [9.17, 15) is 0 Å². The summed E-state index contributed by atoms with van der Waals surface area (Å²) < 4.78 is 0. The third-order valence-corrected chi connectivity index (χ3v) is 4.04. The van der Waals surface area contributed by atoms with Crippen LogP contribution in [0.4, 0.5) is 0 Å². The zero-order valence-electron chi connectivity index (χ0n) is 13.7. The van der Waals surface area contributed by atoms with Crippen LogP contribution in [0.15, 0.2) is 53.8 Å². The number of rotatable bonds is 6. The summed E-state index contributed by atoms with van der Waals surface area (Å²) in [6, 6.07) is 11.7. The summed E-state index contributed by atoms with van der Waals surface area (Å²) in [5.74, 6) is 0.462. The first-order valence-corrected chi connectivity index (χ1v) is 8.29. The SMILES string of the molecule is I.NC(=NCCc1ccccn1)NCCc1c[nH]c2ccc(Cl)cc12. The number of hydrogen-bond acceptors (Lipinski definition) is 2. The maximum atomic E-state index is 6.07. The molecule has 0 radical (unpaired) electrons. The van der Waals surface area contributed by atoms with Crippen LogP contribution in [-0.2, 0) is 12.8 Å². The van der Waals surface area contributed by atoms with E-state index in [4.69, 9.17) is 17.3 Å². The highest BCUT2D eigenvalue weighted by Crippen LogP contribution is 2.22. The third kappa shape index (κ3) is 5.61. The predicted octanol–water partition coefficient (Wildman–Crippen LogP) is 3.52. The number of benzene rings is 1. The fraction of sp³-hybridized carbons (Fsp3) is 0.222. The maximum Gasteiger partial charge on any atom is 0.188 e. The molecule has 0 saturated heterocycles. The fourth-order valence-electron chi connectivity index (χ4n) is 2.58. The van der Waals surface area contributed by atoms with Crippen molar-refractivity contribution in [2.45, 2.75) is 12.8 Å². The van der Waals surface area contributed by atoms with E-state index >= 15 is 0 Å². The van der Waals surface area contributed by atoms with Gasteiger partial charge in [0.25, 0.3) is 0 Å². The van der Waals surface area contributed by atoms with Gasteiger partial charge in [0.1, 0.15) is 0 Å². The number of nitrogens with one attached hydrogen (secondary N) is 2. The molecule has 5 nitrogen and oxygen atoms in total. The van der Waals surface area contributed by atoms with Crippen LogP contribution in [-0.4, -0.2) is 29.0 Å². The van der Waals surface area contributed by atoms with Gasteiger partial charge in [0.05, 0.1) is 0 Å². The van der Waals surface area contributed by atoms with Crippen molar-refractivity contribution in [2.24, 2.45) is 10.7 Å². The Bertz CT molecular complexity index is 832. The number of fused-ring (bicyclic) bond motifs is 1. The molecule has 0 spiro atoms. The Morgan fingerprint density at radius 3 is 2.92 bits per heavy atom. The van der Waals surface area contributed by atoms with E-state index in [0.29, 0.717) is 12.5 Å². The van der Waals surface area contributed by atoms with Gasteiger partial charge in [-0.05, 0) is 42.3 Å². The summed E-state index contributed by atoms with van der Waals surface area (Å²) in [5, 5.41) is 5.04. The van der Waals surface area contributed by atoms with E-state index < -0.39 is 0 Å². The molecule has 1 aromatic carbocycles. The molecule has 2 aromatic heterocycles. The summed E-state index contributed by atoms with van der Waals surface area (Å²) in [6.07, 6.45) is 5.42. The minimum absolute atomic E-state index is 0. The Morgan fingerprint density at radius 2 is 2.12 bits per heavy atom. The van der Waals surface area contributed by atoms with E-state index in [1.807, 2.05) is 42.6 Å². The fourth-order valence-corrected chi connectivity index (χ4v) is 2.75. The Morgan fingerprint density at radius 1 is 1.24 bits per heavy atom. The van der Waals surface area contributed by atoms with Crippen molar-refractivity contribution in [3.05, 3.63) is 65.1 Å². The average molecular weight is 470 g/mol. The lowest BCUT2D eigenvalue weighted by Crippen LogP contribution is -2.33. The smallest absolute Gasteiger partial charge is 0.188 e. The summed E-state index contributed by atoms with van der Waals surface area (Å²) in [7, 11) is 0. The van der Waals surface area contributed by atoms with Crippen LogP contribution in [0.5, 0.6) is 0 Å². The number of nitrogens with zero attached hydrogens (tertiary/aromatic N) is 2. The van der Waals surface area contributed by atoms with Crippen molar-refractivity contribution < 1.29 is 0 Å². The first-order valence-electron chi connectivity index (χ1n) is 7.91. The Labute approximate surface area is 169 Å². The number of nitrogens with two attached hydrogens (primary N) is 1. The second-order valence-corrected chi connectivity index (χ2v) is 5.96. The molecule has 0 atom stereocenters. The number of aromatic nitrogens is 2. The first-order chi connectivity index (χ1) is 11.7. The van der Waals surface area contributed by atoms with Gasteiger partial charge in [-0.2, -0.15) is 0 Å². The molecule has 0 aliphatic carbocycles. The van der Waals surface area contributed by atoms with Crippen LogP contribution in [0, 0.1) is 0 Å². The molecular formula is C18H21ClIN5. The largest absolute Gasteiger partial charge is 0.370 e. The van der Waals surface area contributed by atoms with Crippen molar-refractivity contribution in [2.75, 3.05) is 13.1 Å². The minimum Gasteiger partial charge on any atom is -0.370 e. The van der Waals surface area contributed by atoms with E-state index in [2.05, 4.69) is 20.3 Å². The normalized spacial score (nSPS) is 11.3. The highest BCUT2D eigenvalue weighted by molar-refractivity contribution is 14.0. The topological polar surface area (TPSA) is 79.1 Å². The lowest BCUT2D eigenvalue weighted by molar-refractivity contribution is 0.842. The van der Waals surface area contributed by atoms with Gasteiger partial charge in [0.15, 0.2) is 5.96 Å². The third-order valence-electron chi connectivity index (χ3n) is 3.81. The monoisotopic (exact) mass is 469 g/mol. The van der Waals surface area contributed by atoms with Crippen LogP contribution in [0.25, 0.3) is 10.9 Å². The second kappa shape index (κ2) is 9.62. The average Bonchev–Trinajstić information content (AvgIpc) is 2.98. The molecule has 0 saturated carbocycles. The molecule has 25 heavy (non-hydrogen) atoms. The van der Waals surface area contributed by atoms with Gasteiger partial charge in [-0.15, -0.1) is 24.0 Å². The molecule has 0 unspecified atom stereocenters. The quantitative estimate of drug-likeness (QED) is 0.294.